The van der Waals surface area contributed by atoms with Crippen LogP contribution in [0.1, 0.15) is 6.42 Å². The van der Waals surface area contributed by atoms with E-state index in [2.05, 4.69) is 0 Å². The second kappa shape index (κ2) is 3.49. The number of hydrogen-bond acceptors (Lipinski definition) is 3. The van der Waals surface area contributed by atoms with E-state index in [1.165, 1.54) is 12.2 Å². The Morgan fingerprint density at radius 1 is 1.33 bits per heavy atom. The van der Waals surface area contributed by atoms with Crippen LogP contribution < -0.4 is 0 Å². The second-order valence-electron chi connectivity index (χ2n) is 2.27. The molecule has 5 heteroatoms. The first-order valence-corrected chi connectivity index (χ1v) is 3.71. The zero-order valence-electron chi connectivity index (χ0n) is 6.12. The standard InChI is InChI=1S/C7H6ClNO3/c8-5(10)3-4-9-6(11)1-2-7(9)12/h1-2H,3-4H2. The molecular weight excluding hydrogens is 182 g/mol. The van der Waals surface area contributed by atoms with Crippen molar-refractivity contribution in [3.05, 3.63) is 12.2 Å². The summed E-state index contributed by atoms with van der Waals surface area (Å²) in [6, 6.07) is 0. The minimum Gasteiger partial charge on any atom is -0.281 e. The summed E-state index contributed by atoms with van der Waals surface area (Å²) in [5.41, 5.74) is 0. The lowest BCUT2D eigenvalue weighted by molar-refractivity contribution is -0.136. The summed E-state index contributed by atoms with van der Waals surface area (Å²) < 4.78 is 0. The van der Waals surface area contributed by atoms with E-state index in [9.17, 15) is 14.4 Å². The largest absolute Gasteiger partial charge is 0.281 e. The van der Waals surface area contributed by atoms with Crippen molar-refractivity contribution in [2.45, 2.75) is 6.42 Å². The monoisotopic (exact) mass is 187 g/mol. The highest BCUT2D eigenvalue weighted by Gasteiger charge is 2.22. The second-order valence-corrected chi connectivity index (χ2v) is 2.69. The molecule has 0 unspecified atom stereocenters. The molecule has 0 aromatic rings. The lowest BCUT2D eigenvalue weighted by Crippen LogP contribution is -2.31. The molecule has 0 aromatic heterocycles. The van der Waals surface area contributed by atoms with Gasteiger partial charge in [-0.3, -0.25) is 19.3 Å². The molecule has 1 aliphatic rings. The van der Waals surface area contributed by atoms with Crippen LogP contribution in [-0.4, -0.2) is 28.5 Å². The summed E-state index contributed by atoms with van der Waals surface area (Å²) >= 11 is 5.04. The molecule has 1 heterocycles. The molecule has 1 aliphatic heterocycles. The first-order chi connectivity index (χ1) is 5.61. The Morgan fingerprint density at radius 3 is 2.25 bits per heavy atom. The lowest BCUT2D eigenvalue weighted by Gasteiger charge is -2.10. The third-order valence-electron chi connectivity index (χ3n) is 1.43. The molecule has 0 radical (unpaired) electrons. The Morgan fingerprint density at radius 2 is 1.83 bits per heavy atom. The van der Waals surface area contributed by atoms with Crippen molar-refractivity contribution in [2.24, 2.45) is 0 Å². The number of rotatable bonds is 3. The van der Waals surface area contributed by atoms with Gasteiger partial charge in [0.05, 0.1) is 0 Å². The summed E-state index contributed by atoms with van der Waals surface area (Å²) in [7, 11) is 0. The van der Waals surface area contributed by atoms with Crippen molar-refractivity contribution in [3.8, 4) is 0 Å². The Kier molecular flexibility index (Phi) is 2.60. The van der Waals surface area contributed by atoms with Crippen LogP contribution in [0.3, 0.4) is 0 Å². The SMILES string of the molecule is O=C(Cl)CCN1C(=O)C=CC1=O. The van der Waals surface area contributed by atoms with Gasteiger partial charge in [-0.15, -0.1) is 0 Å². The van der Waals surface area contributed by atoms with Gasteiger partial charge in [0.25, 0.3) is 11.8 Å². The topological polar surface area (TPSA) is 54.5 Å². The maximum atomic E-state index is 10.9. The fraction of sp³-hybridized carbons (Fsp3) is 0.286. The molecule has 4 nitrogen and oxygen atoms in total. The third kappa shape index (κ3) is 1.92. The van der Waals surface area contributed by atoms with E-state index in [-0.39, 0.29) is 13.0 Å². The zero-order valence-corrected chi connectivity index (χ0v) is 6.87. The van der Waals surface area contributed by atoms with Crippen molar-refractivity contribution in [2.75, 3.05) is 6.54 Å². The van der Waals surface area contributed by atoms with E-state index in [0.29, 0.717) is 0 Å². The maximum Gasteiger partial charge on any atom is 0.253 e. The normalized spacial score (nSPS) is 15.9. The van der Waals surface area contributed by atoms with Crippen molar-refractivity contribution in [3.63, 3.8) is 0 Å². The van der Waals surface area contributed by atoms with Crippen LogP contribution in [0.15, 0.2) is 12.2 Å². The average Bonchev–Trinajstić information content (AvgIpc) is 2.28. The van der Waals surface area contributed by atoms with E-state index < -0.39 is 17.1 Å². The summed E-state index contributed by atoms with van der Waals surface area (Å²) in [4.78, 5) is 33.0. The number of nitrogens with zero attached hydrogens (tertiary/aromatic N) is 1. The van der Waals surface area contributed by atoms with Gasteiger partial charge in [-0.25, -0.2) is 0 Å². The molecular formula is C7H6ClNO3. The van der Waals surface area contributed by atoms with Gasteiger partial charge in [0.2, 0.25) is 5.24 Å². The maximum absolute atomic E-state index is 10.9. The molecule has 0 aliphatic carbocycles. The molecule has 0 spiro atoms. The lowest BCUT2D eigenvalue weighted by atomic mass is 10.4. The van der Waals surface area contributed by atoms with Gasteiger partial charge in [0.1, 0.15) is 0 Å². The van der Waals surface area contributed by atoms with Gasteiger partial charge >= 0.3 is 0 Å². The molecule has 0 N–H and O–H groups in total. The van der Waals surface area contributed by atoms with Crippen LogP contribution in [0.2, 0.25) is 0 Å². The molecule has 0 bridgehead atoms. The predicted octanol–water partition coefficient (Wildman–Crippen LogP) is 0.0669. The van der Waals surface area contributed by atoms with Crippen molar-refractivity contribution >= 4 is 28.7 Å². The number of hydrogen-bond donors (Lipinski definition) is 0. The first-order valence-electron chi connectivity index (χ1n) is 3.33. The Labute approximate surface area is 73.8 Å². The summed E-state index contributed by atoms with van der Waals surface area (Å²) in [6.45, 7) is 0.0625. The number of carbonyl (C=O) groups excluding carboxylic acids is 3. The quantitative estimate of drug-likeness (QED) is 0.464. The van der Waals surface area contributed by atoms with Crippen LogP contribution in [0.4, 0.5) is 0 Å². The molecule has 1 rings (SSSR count). The molecule has 0 fully saturated rings. The molecule has 2 amide bonds. The smallest absolute Gasteiger partial charge is 0.253 e. The van der Waals surface area contributed by atoms with Crippen molar-refractivity contribution in [1.82, 2.24) is 4.90 Å². The van der Waals surface area contributed by atoms with Crippen LogP contribution in [0.5, 0.6) is 0 Å². The molecule has 0 aromatic carbocycles. The highest BCUT2D eigenvalue weighted by molar-refractivity contribution is 6.63. The fourth-order valence-corrected chi connectivity index (χ4v) is 0.936. The van der Waals surface area contributed by atoms with E-state index in [1.54, 1.807) is 0 Å². The minimum atomic E-state index is -0.553. The third-order valence-corrected chi connectivity index (χ3v) is 1.62. The zero-order chi connectivity index (χ0) is 9.14. The first kappa shape index (κ1) is 8.93. The molecule has 0 saturated carbocycles. The molecule has 64 valence electrons. The predicted molar refractivity (Wildman–Crippen MR) is 41.3 cm³/mol. The van der Waals surface area contributed by atoms with Crippen molar-refractivity contribution < 1.29 is 14.4 Å². The van der Waals surface area contributed by atoms with Gasteiger partial charge in [0.15, 0.2) is 0 Å². The summed E-state index contributed by atoms with van der Waals surface area (Å²) in [5.74, 6) is -0.782. The van der Waals surface area contributed by atoms with E-state index in [4.69, 9.17) is 11.6 Å². The average molecular weight is 188 g/mol. The van der Waals surface area contributed by atoms with Gasteiger partial charge in [-0.1, -0.05) is 0 Å². The molecule has 12 heavy (non-hydrogen) atoms. The van der Waals surface area contributed by atoms with Crippen LogP contribution >= 0.6 is 11.6 Å². The minimum absolute atomic E-state index is 0.000710. The van der Waals surface area contributed by atoms with E-state index in [1.807, 2.05) is 0 Å². The molecule has 0 atom stereocenters. The van der Waals surface area contributed by atoms with Crippen LogP contribution in [0, 0.1) is 0 Å². The van der Waals surface area contributed by atoms with Crippen LogP contribution in [-0.2, 0) is 14.4 Å². The highest BCUT2D eigenvalue weighted by Crippen LogP contribution is 2.04. The van der Waals surface area contributed by atoms with E-state index >= 15 is 0 Å². The number of imide groups is 1. The van der Waals surface area contributed by atoms with E-state index in [0.717, 1.165) is 4.90 Å². The van der Waals surface area contributed by atoms with Gasteiger partial charge in [0, 0.05) is 25.1 Å². The van der Waals surface area contributed by atoms with Crippen molar-refractivity contribution in [1.29, 1.82) is 0 Å². The van der Waals surface area contributed by atoms with Gasteiger partial charge in [-0.05, 0) is 11.6 Å². The fourth-order valence-electron chi connectivity index (χ4n) is 0.851. The number of carbonyl (C=O) groups is 3. The Hall–Kier alpha value is -1.16. The van der Waals surface area contributed by atoms with Crippen LogP contribution in [0.25, 0.3) is 0 Å². The Bertz CT molecular complexity index is 254. The summed E-state index contributed by atoms with van der Waals surface area (Å²) in [5, 5.41) is -0.553. The number of amides is 2. The van der Waals surface area contributed by atoms with Gasteiger partial charge < -0.3 is 0 Å². The summed E-state index contributed by atoms with van der Waals surface area (Å²) in [6.07, 6.45) is 2.34. The highest BCUT2D eigenvalue weighted by atomic mass is 35.5. The Balaban J connectivity index is 2.48. The number of halogens is 1. The molecule has 0 saturated heterocycles. The van der Waals surface area contributed by atoms with Gasteiger partial charge in [-0.2, -0.15) is 0 Å².